The van der Waals surface area contributed by atoms with Crippen molar-refractivity contribution in [2.45, 2.75) is 37.9 Å². The zero-order valence-electron chi connectivity index (χ0n) is 15.8. The molecular weight excluding hydrogens is 391 g/mol. The first kappa shape index (κ1) is 20.5. The highest BCUT2D eigenvalue weighted by molar-refractivity contribution is 6.24. The SMILES string of the molecule is Cc1cccc(N(C)C(=O)[C@@H]2[C@H](Cl)CCN2c2cc(C(F)(F)F)cc(C)n2)c1. The van der Waals surface area contributed by atoms with Gasteiger partial charge in [-0.05, 0) is 50.1 Å². The van der Waals surface area contributed by atoms with Crippen LogP contribution in [0.2, 0.25) is 0 Å². The largest absolute Gasteiger partial charge is 0.416 e. The van der Waals surface area contributed by atoms with Crippen molar-refractivity contribution in [3.8, 4) is 0 Å². The Kier molecular flexibility index (Phi) is 5.57. The van der Waals surface area contributed by atoms with Crippen molar-refractivity contribution >= 4 is 29.0 Å². The molecule has 150 valence electrons. The molecule has 0 radical (unpaired) electrons. The maximum atomic E-state index is 13.2. The van der Waals surface area contributed by atoms with E-state index in [4.69, 9.17) is 11.6 Å². The second-order valence-electron chi connectivity index (χ2n) is 7.03. The van der Waals surface area contributed by atoms with Gasteiger partial charge in [0.15, 0.2) is 0 Å². The standard InChI is InChI=1S/C20H21ClF3N3O/c1-12-5-4-6-15(9-12)26(3)19(28)18-16(21)7-8-27(18)17-11-14(20(22,23)24)10-13(2)25-17/h4-6,9-11,16,18H,7-8H2,1-3H3/t16-,18+/m1/s1. The molecule has 0 aliphatic carbocycles. The van der Waals surface area contributed by atoms with Gasteiger partial charge in [0.05, 0.1) is 10.9 Å². The summed E-state index contributed by atoms with van der Waals surface area (Å²) >= 11 is 6.41. The van der Waals surface area contributed by atoms with Crippen LogP contribution in [0.1, 0.15) is 23.2 Å². The van der Waals surface area contributed by atoms with E-state index in [0.717, 1.165) is 17.7 Å². The van der Waals surface area contributed by atoms with Crippen LogP contribution in [0.5, 0.6) is 0 Å². The number of likely N-dealkylation sites (N-methyl/N-ethyl adjacent to an activating group) is 1. The summed E-state index contributed by atoms with van der Waals surface area (Å²) < 4.78 is 39.6. The maximum Gasteiger partial charge on any atom is 0.416 e. The first-order valence-electron chi connectivity index (χ1n) is 8.89. The fourth-order valence-corrected chi connectivity index (χ4v) is 3.77. The van der Waals surface area contributed by atoms with Crippen molar-refractivity contribution in [1.82, 2.24) is 4.98 Å². The summed E-state index contributed by atoms with van der Waals surface area (Å²) in [5.41, 5.74) is 1.15. The number of nitrogens with zero attached hydrogens (tertiary/aromatic N) is 3. The van der Waals surface area contributed by atoms with Crippen molar-refractivity contribution in [1.29, 1.82) is 0 Å². The van der Waals surface area contributed by atoms with Crippen LogP contribution in [0.25, 0.3) is 0 Å². The van der Waals surface area contributed by atoms with E-state index in [2.05, 4.69) is 4.98 Å². The summed E-state index contributed by atoms with van der Waals surface area (Å²) in [6.45, 7) is 3.78. The van der Waals surface area contributed by atoms with E-state index < -0.39 is 23.2 Å². The number of hydrogen-bond donors (Lipinski definition) is 0. The number of alkyl halides is 4. The average molecular weight is 412 g/mol. The smallest absolute Gasteiger partial charge is 0.343 e. The van der Waals surface area contributed by atoms with Gasteiger partial charge in [0.25, 0.3) is 5.91 Å². The molecule has 4 nitrogen and oxygen atoms in total. The molecule has 2 atom stereocenters. The third-order valence-electron chi connectivity index (χ3n) is 4.86. The highest BCUT2D eigenvalue weighted by atomic mass is 35.5. The number of benzene rings is 1. The third-order valence-corrected chi connectivity index (χ3v) is 5.32. The van der Waals surface area contributed by atoms with Gasteiger partial charge < -0.3 is 9.80 Å². The molecule has 0 saturated carbocycles. The van der Waals surface area contributed by atoms with Crippen molar-refractivity contribution in [2.75, 3.05) is 23.4 Å². The molecule has 3 rings (SSSR count). The lowest BCUT2D eigenvalue weighted by molar-refractivity contribution is -0.137. The molecule has 1 amide bonds. The summed E-state index contributed by atoms with van der Waals surface area (Å²) in [7, 11) is 1.64. The minimum absolute atomic E-state index is 0.117. The van der Waals surface area contributed by atoms with Crippen LogP contribution in [0, 0.1) is 13.8 Å². The molecule has 8 heteroatoms. The summed E-state index contributed by atoms with van der Waals surface area (Å²) in [5.74, 6) is -0.161. The number of pyridine rings is 1. The molecule has 1 aromatic carbocycles. The molecular formula is C20H21ClF3N3O. The van der Waals surface area contributed by atoms with Crippen LogP contribution in [0.15, 0.2) is 36.4 Å². The number of hydrogen-bond acceptors (Lipinski definition) is 3. The maximum absolute atomic E-state index is 13.2. The predicted molar refractivity (Wildman–Crippen MR) is 104 cm³/mol. The minimum atomic E-state index is -4.49. The summed E-state index contributed by atoms with van der Waals surface area (Å²) in [6.07, 6.45) is -4.00. The Morgan fingerprint density at radius 2 is 1.96 bits per heavy atom. The van der Waals surface area contributed by atoms with E-state index in [9.17, 15) is 18.0 Å². The lowest BCUT2D eigenvalue weighted by atomic mass is 10.1. The Balaban J connectivity index is 1.94. The number of aromatic nitrogens is 1. The number of anilines is 2. The molecule has 0 N–H and O–H groups in total. The predicted octanol–water partition coefficient (Wildman–Crippen LogP) is 4.57. The molecule has 1 saturated heterocycles. The lowest BCUT2D eigenvalue weighted by Crippen LogP contribution is -2.48. The van der Waals surface area contributed by atoms with E-state index >= 15 is 0 Å². The minimum Gasteiger partial charge on any atom is -0.343 e. The van der Waals surface area contributed by atoms with Crippen molar-refractivity contribution in [2.24, 2.45) is 0 Å². The fourth-order valence-electron chi connectivity index (χ4n) is 3.42. The van der Waals surface area contributed by atoms with Crippen molar-refractivity contribution < 1.29 is 18.0 Å². The van der Waals surface area contributed by atoms with Crippen LogP contribution < -0.4 is 9.80 Å². The van der Waals surface area contributed by atoms with Gasteiger partial charge in [-0.3, -0.25) is 4.79 Å². The van der Waals surface area contributed by atoms with Crippen LogP contribution in [-0.4, -0.2) is 35.9 Å². The van der Waals surface area contributed by atoms with Crippen molar-refractivity contribution in [3.05, 3.63) is 53.2 Å². The van der Waals surface area contributed by atoms with E-state index in [-0.39, 0.29) is 17.4 Å². The second kappa shape index (κ2) is 7.62. The Bertz CT molecular complexity index is 887. The van der Waals surface area contributed by atoms with E-state index in [1.165, 1.54) is 11.8 Å². The summed E-state index contributed by atoms with van der Waals surface area (Å²) in [4.78, 5) is 20.5. The van der Waals surface area contributed by atoms with E-state index in [1.807, 2.05) is 25.1 Å². The van der Waals surface area contributed by atoms with E-state index in [1.54, 1.807) is 18.0 Å². The molecule has 0 bridgehead atoms. The zero-order valence-corrected chi connectivity index (χ0v) is 16.6. The zero-order chi connectivity index (χ0) is 20.6. The van der Waals surface area contributed by atoms with Gasteiger partial charge in [-0.15, -0.1) is 11.6 Å². The molecule has 2 aromatic rings. The number of rotatable bonds is 3. The van der Waals surface area contributed by atoms with Crippen molar-refractivity contribution in [3.63, 3.8) is 0 Å². The summed E-state index contributed by atoms with van der Waals surface area (Å²) in [5, 5.41) is -0.517. The summed E-state index contributed by atoms with van der Waals surface area (Å²) in [6, 6.07) is 8.62. The van der Waals surface area contributed by atoms with Gasteiger partial charge in [-0.1, -0.05) is 12.1 Å². The van der Waals surface area contributed by atoms with Crippen LogP contribution in [0.3, 0.4) is 0 Å². The van der Waals surface area contributed by atoms with Gasteiger partial charge in [0, 0.05) is 25.0 Å². The first-order chi connectivity index (χ1) is 13.1. The molecule has 28 heavy (non-hydrogen) atoms. The molecule has 1 aliphatic rings. The van der Waals surface area contributed by atoms with E-state index in [0.29, 0.717) is 18.7 Å². The Morgan fingerprint density at radius 3 is 2.61 bits per heavy atom. The number of halogens is 4. The Morgan fingerprint density at radius 1 is 1.25 bits per heavy atom. The van der Waals surface area contributed by atoms with Crippen LogP contribution in [0.4, 0.5) is 24.7 Å². The van der Waals surface area contributed by atoms with Gasteiger partial charge in [0.2, 0.25) is 0 Å². The second-order valence-corrected chi connectivity index (χ2v) is 7.59. The molecule has 0 unspecified atom stereocenters. The molecule has 1 aromatic heterocycles. The Hall–Kier alpha value is -2.28. The fraction of sp³-hybridized carbons (Fsp3) is 0.400. The highest BCUT2D eigenvalue weighted by Crippen LogP contribution is 2.35. The first-order valence-corrected chi connectivity index (χ1v) is 9.32. The van der Waals surface area contributed by atoms with Gasteiger partial charge >= 0.3 is 6.18 Å². The lowest BCUT2D eigenvalue weighted by Gasteiger charge is -2.30. The molecule has 0 spiro atoms. The number of amides is 1. The molecule has 1 fully saturated rings. The Labute approximate surface area is 166 Å². The highest BCUT2D eigenvalue weighted by Gasteiger charge is 2.41. The third kappa shape index (κ3) is 4.09. The average Bonchev–Trinajstić information content (AvgIpc) is 3.00. The van der Waals surface area contributed by atoms with Crippen LogP contribution >= 0.6 is 11.6 Å². The van der Waals surface area contributed by atoms with Gasteiger partial charge in [0.1, 0.15) is 11.9 Å². The normalized spacial score (nSPS) is 19.8. The quantitative estimate of drug-likeness (QED) is 0.694. The van der Waals surface area contributed by atoms with Gasteiger partial charge in [-0.2, -0.15) is 13.2 Å². The van der Waals surface area contributed by atoms with Gasteiger partial charge in [-0.25, -0.2) is 4.98 Å². The monoisotopic (exact) mass is 411 g/mol. The molecule has 2 heterocycles. The topological polar surface area (TPSA) is 36.4 Å². The number of carbonyl (C=O) groups is 1. The number of carbonyl (C=O) groups excluding carboxylic acids is 1. The van der Waals surface area contributed by atoms with Crippen LogP contribution in [-0.2, 0) is 11.0 Å². The molecule has 1 aliphatic heterocycles. The number of aryl methyl sites for hydroxylation is 2.